The second-order valence-electron chi connectivity index (χ2n) is 3.90. The van der Waals surface area contributed by atoms with Gasteiger partial charge in [0, 0.05) is 0 Å². The topological polar surface area (TPSA) is 30.0 Å². The first-order chi connectivity index (χ1) is 7.25. The zero-order valence-electron chi connectivity index (χ0n) is 8.19. The Kier molecular flexibility index (Phi) is 2.66. The third kappa shape index (κ3) is 1.60. The van der Waals surface area contributed by atoms with E-state index in [1.54, 1.807) is 0 Å². The van der Waals surface area contributed by atoms with Gasteiger partial charge < -0.3 is 0 Å². The fraction of sp³-hybridized carbons (Fsp3) is 0.556. The van der Waals surface area contributed by atoms with Gasteiger partial charge in [-0.05, 0) is 35.7 Å². The van der Waals surface area contributed by atoms with Crippen molar-refractivity contribution in [2.75, 3.05) is 0 Å². The van der Waals surface area contributed by atoms with Gasteiger partial charge in [0.25, 0.3) is 0 Å². The molecule has 1 aromatic heterocycles. The molecule has 0 N–H and O–H groups in total. The molecule has 0 bridgehead atoms. The number of aromatic nitrogens is 1. The Morgan fingerprint density at radius 2 is 2.12 bits per heavy atom. The van der Waals surface area contributed by atoms with Crippen LogP contribution < -0.4 is 0 Å². The Bertz CT molecular complexity index is 456. The van der Waals surface area contributed by atoms with Crippen LogP contribution in [-0.2, 0) is 6.42 Å². The standard InChI is InChI=1S/C9H7BrF3NOS/c1-8(9(11,12)13)3-2-4-5(6(8)15)16-7(10)14-4/h2-3H2,1H3. The number of rotatable bonds is 0. The van der Waals surface area contributed by atoms with E-state index in [-0.39, 0.29) is 17.7 Å². The Morgan fingerprint density at radius 1 is 1.50 bits per heavy atom. The highest BCUT2D eigenvalue weighted by Gasteiger charge is 2.58. The van der Waals surface area contributed by atoms with Crippen molar-refractivity contribution < 1.29 is 18.0 Å². The average molecular weight is 314 g/mol. The maximum atomic E-state index is 12.8. The van der Waals surface area contributed by atoms with E-state index in [0.29, 0.717) is 9.61 Å². The Labute approximate surface area is 102 Å². The molecule has 1 unspecified atom stereocenters. The first kappa shape index (κ1) is 12.0. The summed E-state index contributed by atoms with van der Waals surface area (Å²) in [5.74, 6) is -0.857. The summed E-state index contributed by atoms with van der Waals surface area (Å²) in [6, 6.07) is 0. The summed E-state index contributed by atoms with van der Waals surface area (Å²) in [5.41, 5.74) is -1.78. The molecule has 2 rings (SSSR count). The van der Waals surface area contributed by atoms with Gasteiger partial charge in [0.2, 0.25) is 0 Å². The number of fused-ring (bicyclic) bond motifs is 1. The van der Waals surface area contributed by atoms with E-state index in [2.05, 4.69) is 20.9 Å². The monoisotopic (exact) mass is 313 g/mol. The molecule has 1 heterocycles. The summed E-state index contributed by atoms with van der Waals surface area (Å²) >= 11 is 4.05. The molecule has 1 aliphatic carbocycles. The molecule has 1 aliphatic rings. The first-order valence-electron chi connectivity index (χ1n) is 4.52. The van der Waals surface area contributed by atoms with Crippen molar-refractivity contribution in [1.82, 2.24) is 4.98 Å². The highest BCUT2D eigenvalue weighted by atomic mass is 79.9. The van der Waals surface area contributed by atoms with Gasteiger partial charge in [-0.3, -0.25) is 4.79 Å². The van der Waals surface area contributed by atoms with Gasteiger partial charge in [-0.25, -0.2) is 4.98 Å². The van der Waals surface area contributed by atoms with Crippen molar-refractivity contribution in [3.8, 4) is 0 Å². The second-order valence-corrected chi connectivity index (χ2v) is 6.18. The van der Waals surface area contributed by atoms with Crippen LogP contribution in [0.2, 0.25) is 0 Å². The number of nitrogens with zero attached hydrogens (tertiary/aromatic N) is 1. The Morgan fingerprint density at radius 3 is 2.69 bits per heavy atom. The molecule has 16 heavy (non-hydrogen) atoms. The molecule has 1 atom stereocenters. The normalized spacial score (nSPS) is 25.7. The van der Waals surface area contributed by atoms with Crippen molar-refractivity contribution in [2.24, 2.45) is 5.41 Å². The molecular formula is C9H7BrF3NOS. The van der Waals surface area contributed by atoms with Crippen LogP contribution in [0.1, 0.15) is 28.7 Å². The number of ketones is 1. The van der Waals surface area contributed by atoms with Crippen LogP contribution in [0.4, 0.5) is 13.2 Å². The predicted molar refractivity (Wildman–Crippen MR) is 56.6 cm³/mol. The number of carbonyl (C=O) groups is 1. The molecule has 0 saturated carbocycles. The first-order valence-corrected chi connectivity index (χ1v) is 6.13. The van der Waals surface area contributed by atoms with E-state index in [9.17, 15) is 18.0 Å². The number of Topliss-reactive ketones (excluding diaryl/α,β-unsaturated/α-hetero) is 1. The van der Waals surface area contributed by atoms with E-state index >= 15 is 0 Å². The molecule has 1 aromatic rings. The SMILES string of the molecule is CC1(C(F)(F)F)CCc2nc(Br)sc2C1=O. The molecule has 0 radical (unpaired) electrons. The lowest BCUT2D eigenvalue weighted by Gasteiger charge is -2.32. The van der Waals surface area contributed by atoms with Crippen molar-refractivity contribution >= 4 is 33.0 Å². The molecule has 0 saturated heterocycles. The van der Waals surface area contributed by atoms with Crippen LogP contribution >= 0.6 is 27.3 Å². The van der Waals surface area contributed by atoms with Gasteiger partial charge in [-0.1, -0.05) is 0 Å². The molecule has 0 spiro atoms. The lowest BCUT2D eigenvalue weighted by Crippen LogP contribution is -2.45. The minimum atomic E-state index is -4.50. The smallest absolute Gasteiger partial charge is 0.292 e. The van der Waals surface area contributed by atoms with E-state index in [4.69, 9.17) is 0 Å². The van der Waals surface area contributed by atoms with Gasteiger partial charge in [-0.2, -0.15) is 13.2 Å². The molecule has 0 aliphatic heterocycles. The fourth-order valence-electron chi connectivity index (χ4n) is 1.67. The predicted octanol–water partition coefficient (Wildman–Crippen LogP) is 3.60. The van der Waals surface area contributed by atoms with Gasteiger partial charge >= 0.3 is 6.18 Å². The zero-order chi connectivity index (χ0) is 12.1. The number of carbonyl (C=O) groups excluding carboxylic acids is 1. The minimum Gasteiger partial charge on any atom is -0.292 e. The highest BCUT2D eigenvalue weighted by Crippen LogP contribution is 2.48. The minimum absolute atomic E-state index is 0.137. The van der Waals surface area contributed by atoms with E-state index in [0.717, 1.165) is 18.3 Å². The molecule has 0 fully saturated rings. The van der Waals surface area contributed by atoms with Gasteiger partial charge in [-0.15, -0.1) is 11.3 Å². The molecular weight excluding hydrogens is 307 g/mol. The maximum Gasteiger partial charge on any atom is 0.401 e. The van der Waals surface area contributed by atoms with Gasteiger partial charge in [0.1, 0.15) is 5.41 Å². The number of alkyl halides is 3. The fourth-order valence-corrected chi connectivity index (χ4v) is 3.28. The number of thiazole rings is 1. The quantitative estimate of drug-likeness (QED) is 0.732. The van der Waals surface area contributed by atoms with Gasteiger partial charge in [0.05, 0.1) is 10.6 Å². The zero-order valence-corrected chi connectivity index (χ0v) is 10.6. The lowest BCUT2D eigenvalue weighted by atomic mass is 9.75. The van der Waals surface area contributed by atoms with E-state index in [1.165, 1.54) is 0 Å². The number of halogens is 4. The summed E-state index contributed by atoms with van der Waals surface area (Å²) in [4.78, 5) is 16.0. The van der Waals surface area contributed by atoms with Gasteiger partial charge in [0.15, 0.2) is 9.70 Å². The highest BCUT2D eigenvalue weighted by molar-refractivity contribution is 9.11. The molecule has 2 nitrogen and oxygen atoms in total. The number of hydrogen-bond donors (Lipinski definition) is 0. The summed E-state index contributed by atoms with van der Waals surface area (Å²) in [6.45, 7) is 0.964. The molecule has 7 heteroatoms. The third-order valence-corrected chi connectivity index (χ3v) is 4.41. The van der Waals surface area contributed by atoms with Crippen LogP contribution in [-0.4, -0.2) is 16.9 Å². The maximum absolute atomic E-state index is 12.8. The van der Waals surface area contributed by atoms with Crippen molar-refractivity contribution in [1.29, 1.82) is 0 Å². The van der Waals surface area contributed by atoms with Crippen LogP contribution in [0.25, 0.3) is 0 Å². The average Bonchev–Trinajstić information content (AvgIpc) is 2.52. The summed E-state index contributed by atoms with van der Waals surface area (Å²) in [5, 5.41) is 0. The molecule has 0 amide bonds. The Balaban J connectivity index is 2.49. The van der Waals surface area contributed by atoms with E-state index < -0.39 is 17.4 Å². The van der Waals surface area contributed by atoms with Crippen LogP contribution in [0, 0.1) is 5.41 Å². The molecule has 0 aromatic carbocycles. The van der Waals surface area contributed by atoms with Crippen molar-refractivity contribution in [2.45, 2.75) is 25.9 Å². The van der Waals surface area contributed by atoms with Crippen LogP contribution in [0.3, 0.4) is 0 Å². The lowest BCUT2D eigenvalue weighted by molar-refractivity contribution is -0.200. The third-order valence-electron chi connectivity index (χ3n) is 2.87. The second kappa shape index (κ2) is 3.53. The summed E-state index contributed by atoms with van der Waals surface area (Å²) in [6.07, 6.45) is -4.53. The number of hydrogen-bond acceptors (Lipinski definition) is 3. The van der Waals surface area contributed by atoms with Crippen LogP contribution in [0.15, 0.2) is 3.92 Å². The summed E-state index contributed by atoms with van der Waals surface area (Å²) < 4.78 is 38.9. The summed E-state index contributed by atoms with van der Waals surface area (Å²) in [7, 11) is 0. The van der Waals surface area contributed by atoms with Crippen molar-refractivity contribution in [3.63, 3.8) is 0 Å². The Hall–Kier alpha value is -0.430. The molecule has 88 valence electrons. The van der Waals surface area contributed by atoms with Crippen molar-refractivity contribution in [3.05, 3.63) is 14.5 Å². The number of aryl methyl sites for hydroxylation is 1. The largest absolute Gasteiger partial charge is 0.401 e. The van der Waals surface area contributed by atoms with Crippen LogP contribution in [0.5, 0.6) is 0 Å². The van der Waals surface area contributed by atoms with E-state index in [1.807, 2.05) is 0 Å².